The van der Waals surface area contributed by atoms with Crippen LogP contribution < -0.4 is 0 Å². The highest BCUT2D eigenvalue weighted by molar-refractivity contribution is 5.90. The summed E-state index contributed by atoms with van der Waals surface area (Å²) in [6.45, 7) is 2.14. The van der Waals surface area contributed by atoms with Crippen molar-refractivity contribution in [1.82, 2.24) is 0 Å². The van der Waals surface area contributed by atoms with Crippen molar-refractivity contribution in [2.75, 3.05) is 0 Å². The van der Waals surface area contributed by atoms with E-state index >= 15 is 0 Å². The van der Waals surface area contributed by atoms with Gasteiger partial charge in [-0.1, -0.05) is 72.3 Å². The van der Waals surface area contributed by atoms with E-state index in [1.165, 1.54) is 33.5 Å². The molecule has 1 heterocycles. The van der Waals surface area contributed by atoms with Crippen molar-refractivity contribution in [1.29, 1.82) is 0 Å². The van der Waals surface area contributed by atoms with Crippen molar-refractivity contribution in [3.8, 4) is 0 Å². The number of carbonyl (C=O) groups excluding carboxylic acids is 1. The van der Waals surface area contributed by atoms with Crippen LogP contribution in [-0.4, -0.2) is 5.97 Å². The van der Waals surface area contributed by atoms with Gasteiger partial charge in [0.2, 0.25) is 0 Å². The molecule has 0 amide bonds. The molecule has 2 heteroatoms. The quantitative estimate of drug-likeness (QED) is 0.535. The van der Waals surface area contributed by atoms with Gasteiger partial charge < -0.3 is 4.74 Å². The third-order valence-electron chi connectivity index (χ3n) is 5.25. The Hall–Kier alpha value is -2.87. The van der Waals surface area contributed by atoms with E-state index in [4.69, 9.17) is 4.74 Å². The summed E-state index contributed by atoms with van der Waals surface area (Å²) in [7, 11) is 0. The molecule has 0 radical (unpaired) electrons. The van der Waals surface area contributed by atoms with E-state index in [-0.39, 0.29) is 12.1 Å². The third kappa shape index (κ3) is 3.95. The Morgan fingerprint density at radius 1 is 0.963 bits per heavy atom. The second kappa shape index (κ2) is 7.79. The predicted octanol–water partition coefficient (Wildman–Crippen LogP) is 5.87. The molecule has 0 fully saturated rings. The second-order valence-electron chi connectivity index (χ2n) is 7.27. The van der Waals surface area contributed by atoms with Crippen LogP contribution >= 0.6 is 0 Å². The summed E-state index contributed by atoms with van der Waals surface area (Å²) >= 11 is 0. The maximum Gasteiger partial charge on any atom is 0.331 e. The monoisotopic (exact) mass is 356 g/mol. The Labute approximate surface area is 160 Å². The molecule has 1 unspecified atom stereocenters. The summed E-state index contributed by atoms with van der Waals surface area (Å²) < 4.78 is 5.54. The van der Waals surface area contributed by atoms with Gasteiger partial charge in [-0.15, -0.1) is 0 Å². The molecule has 0 saturated carbocycles. The highest BCUT2D eigenvalue weighted by atomic mass is 16.5. The highest BCUT2D eigenvalue weighted by Crippen LogP contribution is 2.33. The first-order valence-corrected chi connectivity index (χ1v) is 9.64. The third-order valence-corrected chi connectivity index (χ3v) is 5.25. The van der Waals surface area contributed by atoms with E-state index in [0.717, 1.165) is 31.2 Å². The Balaban J connectivity index is 1.56. The fraction of sp³-hybridized carbons (Fsp3) is 0.240. The number of esters is 1. The van der Waals surface area contributed by atoms with Crippen LogP contribution in [0.1, 0.15) is 41.2 Å². The minimum atomic E-state index is -0.252. The van der Waals surface area contributed by atoms with Crippen LogP contribution in [0.15, 0.2) is 72.8 Å². The summed E-state index contributed by atoms with van der Waals surface area (Å²) in [6, 6.07) is 21.6. The molecule has 0 saturated heterocycles. The van der Waals surface area contributed by atoms with Crippen LogP contribution in [0, 0.1) is 6.92 Å². The van der Waals surface area contributed by atoms with Crippen molar-refractivity contribution >= 4 is 16.7 Å². The zero-order chi connectivity index (χ0) is 18.6. The van der Waals surface area contributed by atoms with Crippen molar-refractivity contribution < 1.29 is 9.53 Å². The number of rotatable bonds is 5. The van der Waals surface area contributed by atoms with Crippen LogP contribution in [0.5, 0.6) is 0 Å². The molecule has 0 bridgehead atoms. The molecule has 1 atom stereocenters. The number of aryl methyl sites for hydroxylation is 3. The lowest BCUT2D eigenvalue weighted by Gasteiger charge is -2.21. The van der Waals surface area contributed by atoms with E-state index < -0.39 is 0 Å². The van der Waals surface area contributed by atoms with Crippen LogP contribution in [0.25, 0.3) is 10.8 Å². The van der Waals surface area contributed by atoms with Gasteiger partial charge in [0.15, 0.2) is 0 Å². The lowest BCUT2D eigenvalue weighted by Crippen LogP contribution is -2.13. The maximum atomic E-state index is 11.6. The molecule has 4 rings (SSSR count). The van der Waals surface area contributed by atoms with Gasteiger partial charge in [-0.3, -0.25) is 0 Å². The molecule has 136 valence electrons. The van der Waals surface area contributed by atoms with Crippen molar-refractivity contribution in [3.63, 3.8) is 0 Å². The molecule has 1 aliphatic rings. The van der Waals surface area contributed by atoms with Gasteiger partial charge in [0, 0.05) is 18.1 Å². The normalized spacial score (nSPS) is 16.5. The van der Waals surface area contributed by atoms with Gasteiger partial charge >= 0.3 is 5.97 Å². The number of hydrogen-bond donors (Lipinski definition) is 0. The molecule has 1 aliphatic heterocycles. The van der Waals surface area contributed by atoms with Crippen molar-refractivity contribution in [2.45, 2.75) is 38.7 Å². The summed E-state index contributed by atoms with van der Waals surface area (Å²) in [5.41, 5.74) is 5.18. The van der Waals surface area contributed by atoms with E-state index in [1.54, 1.807) is 0 Å². The standard InChI is InChI=1S/C25H24O2/c1-18-7-4-8-19(17-18)9-5-10-20-15-16-23(22-12-3-2-11-21(20)22)24-13-6-14-25(26)27-24/h2-4,6-8,11-12,14-17,24H,5,9-10,13H2,1H3. The maximum absolute atomic E-state index is 11.6. The van der Waals surface area contributed by atoms with Gasteiger partial charge in [0.25, 0.3) is 0 Å². The number of cyclic esters (lactones) is 1. The smallest absolute Gasteiger partial charge is 0.331 e. The molecule has 3 aromatic rings. The Morgan fingerprint density at radius 3 is 2.63 bits per heavy atom. The Morgan fingerprint density at radius 2 is 1.81 bits per heavy atom. The second-order valence-corrected chi connectivity index (χ2v) is 7.27. The highest BCUT2D eigenvalue weighted by Gasteiger charge is 2.20. The Kier molecular flexibility index (Phi) is 5.06. The fourth-order valence-corrected chi connectivity index (χ4v) is 3.94. The minimum absolute atomic E-state index is 0.186. The Bertz CT molecular complexity index is 1000. The fourth-order valence-electron chi connectivity index (χ4n) is 3.94. The molecule has 3 aromatic carbocycles. The predicted molar refractivity (Wildman–Crippen MR) is 110 cm³/mol. The van der Waals surface area contributed by atoms with Crippen LogP contribution in [0.2, 0.25) is 0 Å². The zero-order valence-electron chi connectivity index (χ0n) is 15.7. The van der Waals surface area contributed by atoms with Crippen LogP contribution in [-0.2, 0) is 22.4 Å². The van der Waals surface area contributed by atoms with Crippen LogP contribution in [0.4, 0.5) is 0 Å². The molecule has 2 nitrogen and oxygen atoms in total. The molecular weight excluding hydrogens is 332 g/mol. The van der Waals surface area contributed by atoms with Gasteiger partial charge in [0.1, 0.15) is 6.10 Å². The zero-order valence-corrected chi connectivity index (χ0v) is 15.7. The first-order valence-electron chi connectivity index (χ1n) is 9.64. The summed E-state index contributed by atoms with van der Waals surface area (Å²) in [5.74, 6) is -0.252. The topological polar surface area (TPSA) is 26.3 Å². The first kappa shape index (κ1) is 17.5. The number of hydrogen-bond acceptors (Lipinski definition) is 2. The average Bonchev–Trinajstić information content (AvgIpc) is 2.68. The molecule has 0 aromatic heterocycles. The molecular formula is C25H24O2. The van der Waals surface area contributed by atoms with E-state index in [9.17, 15) is 4.79 Å². The molecule has 27 heavy (non-hydrogen) atoms. The lowest BCUT2D eigenvalue weighted by molar-refractivity contribution is -0.144. The summed E-state index contributed by atoms with van der Waals surface area (Å²) in [4.78, 5) is 11.6. The number of carbonyl (C=O) groups is 1. The molecule has 0 N–H and O–H groups in total. The molecule has 0 spiro atoms. The number of fused-ring (bicyclic) bond motifs is 1. The average molecular weight is 356 g/mol. The summed E-state index contributed by atoms with van der Waals surface area (Å²) in [6.07, 6.45) is 7.21. The summed E-state index contributed by atoms with van der Waals surface area (Å²) in [5, 5.41) is 2.46. The van der Waals surface area contributed by atoms with Gasteiger partial charge in [0.05, 0.1) is 0 Å². The van der Waals surface area contributed by atoms with Gasteiger partial charge in [-0.05, 0) is 48.1 Å². The number of benzene rings is 3. The van der Waals surface area contributed by atoms with E-state index in [1.807, 2.05) is 6.08 Å². The lowest BCUT2D eigenvalue weighted by atomic mass is 9.92. The van der Waals surface area contributed by atoms with Gasteiger partial charge in [-0.25, -0.2) is 4.79 Å². The SMILES string of the molecule is Cc1cccc(CCCc2ccc(C3CC=CC(=O)O3)c3ccccc23)c1. The first-order chi connectivity index (χ1) is 13.2. The van der Waals surface area contributed by atoms with E-state index in [0.29, 0.717) is 0 Å². The number of ether oxygens (including phenoxy) is 1. The minimum Gasteiger partial charge on any atom is -0.454 e. The van der Waals surface area contributed by atoms with Crippen molar-refractivity contribution in [3.05, 3.63) is 95.1 Å². The van der Waals surface area contributed by atoms with Crippen LogP contribution in [0.3, 0.4) is 0 Å². The van der Waals surface area contributed by atoms with Crippen molar-refractivity contribution in [2.24, 2.45) is 0 Å². The largest absolute Gasteiger partial charge is 0.454 e. The van der Waals surface area contributed by atoms with E-state index in [2.05, 4.69) is 67.6 Å². The molecule has 0 aliphatic carbocycles. The van der Waals surface area contributed by atoms with Gasteiger partial charge in [-0.2, -0.15) is 0 Å².